The van der Waals surface area contributed by atoms with Gasteiger partial charge in [-0.2, -0.15) is 0 Å². The first-order chi connectivity index (χ1) is 4.24. The van der Waals surface area contributed by atoms with E-state index in [1.807, 2.05) is 0 Å². The molecule has 62 valence electrons. The van der Waals surface area contributed by atoms with Crippen LogP contribution in [0.15, 0.2) is 0 Å². The molecule has 0 aromatic rings. The largest absolute Gasteiger partial charge is 0 e. The van der Waals surface area contributed by atoms with Crippen molar-refractivity contribution in [2.75, 3.05) is 0 Å². The van der Waals surface area contributed by atoms with Crippen molar-refractivity contribution in [3.8, 4) is 0 Å². The molecule has 0 saturated carbocycles. The first-order valence-electron chi connectivity index (χ1n) is 1.48. The molecule has 0 aliphatic heterocycles. The summed E-state index contributed by atoms with van der Waals surface area (Å²) in [5.41, 5.74) is 0. The second-order valence-electron chi connectivity index (χ2n) is 0.316. The van der Waals surface area contributed by atoms with E-state index in [1.165, 1.54) is 0 Å². The Kier molecular flexibility index (Phi) is 260. The zero-order chi connectivity index (χ0) is 8.12. The second kappa shape index (κ2) is 93.1. The van der Waals surface area contributed by atoms with Gasteiger partial charge in [-0.15, -0.1) is 0 Å². The maximum Gasteiger partial charge on any atom is 0 e. The summed E-state index contributed by atoms with van der Waals surface area (Å²) in [5.74, 6) is 0. The first kappa shape index (κ1) is 30.7. The van der Waals surface area contributed by atoms with Crippen LogP contribution in [0.3, 0.4) is 0 Å². The summed E-state index contributed by atoms with van der Waals surface area (Å²) < 4.78 is 0. The van der Waals surface area contributed by atoms with E-state index in [9.17, 15) is 0 Å². The maximum absolute atomic E-state index is 8.36. The Balaban J connectivity index is -0.0000000150. The zero-order valence-corrected chi connectivity index (χ0v) is 7.97. The third kappa shape index (κ3) is 66400. The van der Waals surface area contributed by atoms with Crippen molar-refractivity contribution < 1.29 is 49.2 Å². The molecule has 0 aliphatic rings. The summed E-state index contributed by atoms with van der Waals surface area (Å²) >= 11 is 0. The minimum Gasteiger partial charge on any atom is 0 e. The van der Waals surface area contributed by atoms with Crippen LogP contribution in [0.5, 0.6) is 0 Å². The van der Waals surface area contributed by atoms with E-state index >= 15 is 0 Å². The number of carboxylic acid groups (broad SMARTS) is 3. The van der Waals surface area contributed by atoms with Crippen molar-refractivity contribution in [3.05, 3.63) is 0 Å². The maximum atomic E-state index is 8.36. The Bertz CT molecular complexity index is 54.6. The molecule has 0 saturated heterocycles. The number of hydrogen-bond donors (Lipinski definition) is 3. The fraction of sp³-hybridized carbons (Fsp3) is 0. The van der Waals surface area contributed by atoms with Crippen LogP contribution in [0.1, 0.15) is 0 Å². The van der Waals surface area contributed by atoms with Crippen molar-refractivity contribution in [2.24, 2.45) is 0 Å². The predicted octanol–water partition coefficient (Wildman–Crippen LogP) is -2.08. The molecule has 11 heavy (non-hydrogen) atoms. The molecule has 8 heteroatoms. The van der Waals surface area contributed by atoms with Gasteiger partial charge in [-0.05, 0) is 0 Å². The van der Waals surface area contributed by atoms with Gasteiger partial charge in [0.1, 0.15) is 0 Å². The van der Waals surface area contributed by atoms with Crippen LogP contribution in [0.4, 0.5) is 0 Å². The van der Waals surface area contributed by atoms with Gasteiger partial charge in [-0.1, -0.05) is 0 Å². The zero-order valence-electron chi connectivity index (χ0n) is 5.01. The summed E-state index contributed by atoms with van der Waals surface area (Å²) in [5, 5.41) is 20.7. The minimum atomic E-state index is -0.250. The molecule has 0 unspecified atom stereocenters. The molecular formula is C3H9InO6Zn. The average Bonchev–Trinajstić information content (AvgIpc) is 1.70. The van der Waals surface area contributed by atoms with Gasteiger partial charge in [0.2, 0.25) is 0 Å². The molecular weight excluding hydrogens is 312 g/mol. The van der Waals surface area contributed by atoms with E-state index in [1.54, 1.807) is 0 Å². The van der Waals surface area contributed by atoms with Crippen LogP contribution in [-0.4, -0.2) is 60.6 Å². The quantitative estimate of drug-likeness (QED) is 0.349. The van der Waals surface area contributed by atoms with Gasteiger partial charge in [0, 0.05) is 19.5 Å². The van der Waals surface area contributed by atoms with Crippen molar-refractivity contribution in [1.29, 1.82) is 0 Å². The third-order valence-electron chi connectivity index (χ3n) is 0. The normalized spacial score (nSPS) is 3.27. The predicted molar refractivity (Wildman–Crippen MR) is 36.0 cm³/mol. The van der Waals surface area contributed by atoms with E-state index in [0.717, 1.165) is 0 Å². The van der Waals surface area contributed by atoms with Crippen LogP contribution in [0.2, 0.25) is 0 Å². The molecule has 0 bridgehead atoms. The van der Waals surface area contributed by atoms with Crippen molar-refractivity contribution in [1.82, 2.24) is 0 Å². The molecule has 0 spiro atoms. The molecule has 0 heterocycles. The van der Waals surface area contributed by atoms with Crippen LogP contribution >= 0.6 is 0 Å². The van der Waals surface area contributed by atoms with Crippen LogP contribution in [0.25, 0.3) is 0 Å². The Morgan fingerprint density at radius 1 is 0.727 bits per heavy atom. The van der Waals surface area contributed by atoms with E-state index in [2.05, 4.69) is 0 Å². The summed E-state index contributed by atoms with van der Waals surface area (Å²) in [6.45, 7) is -0.750. The standard InChI is InChI=1S/3CH2O2.In.Zn.3H/c3*2-1-3;;;;;/h3*1H,(H,2,3);;;;;. The van der Waals surface area contributed by atoms with E-state index < -0.39 is 0 Å². The summed E-state index contributed by atoms with van der Waals surface area (Å²) in [6.07, 6.45) is 0. The molecule has 0 atom stereocenters. The van der Waals surface area contributed by atoms with Gasteiger partial charge in [-0.25, -0.2) is 0 Å². The minimum absolute atomic E-state index is 0. The second-order valence-corrected chi connectivity index (χ2v) is 0.316. The summed E-state index contributed by atoms with van der Waals surface area (Å²) in [7, 11) is 0. The van der Waals surface area contributed by atoms with Gasteiger partial charge in [0.15, 0.2) is 0 Å². The Morgan fingerprint density at radius 3 is 0.727 bits per heavy atom. The van der Waals surface area contributed by atoms with Crippen LogP contribution in [0, 0.1) is 0 Å². The molecule has 0 radical (unpaired) electrons. The Morgan fingerprint density at radius 2 is 0.727 bits per heavy atom. The van der Waals surface area contributed by atoms with Gasteiger partial charge in [0.25, 0.3) is 19.4 Å². The van der Waals surface area contributed by atoms with Gasteiger partial charge in [0.05, 0.1) is 0 Å². The number of hydrogen-bond acceptors (Lipinski definition) is 3. The molecule has 0 fully saturated rings. The Hall–Kier alpha value is -0.0965. The van der Waals surface area contributed by atoms with Gasteiger partial charge in [-0.3, -0.25) is 14.4 Å². The summed E-state index contributed by atoms with van der Waals surface area (Å²) in [4.78, 5) is 25.1. The van der Waals surface area contributed by atoms with Gasteiger partial charge < -0.3 is 15.3 Å². The topological polar surface area (TPSA) is 112 Å². The van der Waals surface area contributed by atoms with Crippen molar-refractivity contribution >= 4 is 45.3 Å². The van der Waals surface area contributed by atoms with E-state index in [4.69, 9.17) is 29.7 Å². The molecule has 0 aromatic carbocycles. The SMILES string of the molecule is O=CO.O=CO.O=CO.[InH3].[Zn]. The van der Waals surface area contributed by atoms with Crippen molar-refractivity contribution in [2.45, 2.75) is 0 Å². The molecule has 6 nitrogen and oxygen atoms in total. The molecule has 0 aliphatic carbocycles. The van der Waals surface area contributed by atoms with E-state index in [-0.39, 0.29) is 64.7 Å². The van der Waals surface area contributed by atoms with Crippen LogP contribution in [-0.2, 0) is 33.9 Å². The Labute approximate surface area is 94.1 Å². The fourth-order valence-electron chi connectivity index (χ4n) is 0. The monoisotopic (exact) mass is 320 g/mol. The smallest absolute Gasteiger partial charge is 0 e. The third-order valence-corrected chi connectivity index (χ3v) is 0. The molecule has 0 amide bonds. The van der Waals surface area contributed by atoms with Crippen LogP contribution < -0.4 is 0 Å². The number of carbonyl (C=O) groups is 3. The summed E-state index contributed by atoms with van der Waals surface area (Å²) in [6, 6.07) is 0. The van der Waals surface area contributed by atoms with E-state index in [0.29, 0.717) is 0 Å². The molecule has 0 rings (SSSR count). The molecule has 3 N–H and O–H groups in total. The fourth-order valence-corrected chi connectivity index (χ4v) is 0. The first-order valence-corrected chi connectivity index (χ1v) is 1.48. The van der Waals surface area contributed by atoms with Crippen molar-refractivity contribution in [3.63, 3.8) is 0 Å². The average molecular weight is 321 g/mol. The molecule has 0 aromatic heterocycles. The number of rotatable bonds is 0. The van der Waals surface area contributed by atoms with Gasteiger partial charge >= 0.3 is 25.8 Å².